The number of hydrogen-bond acceptors (Lipinski definition) is 3. The van der Waals surface area contributed by atoms with Gasteiger partial charge in [0.05, 0.1) is 15.6 Å². The van der Waals surface area contributed by atoms with Crippen LogP contribution in [0.25, 0.3) is 0 Å². The molecule has 0 radical (unpaired) electrons. The van der Waals surface area contributed by atoms with Crippen LogP contribution in [0.3, 0.4) is 0 Å². The molecule has 0 aromatic heterocycles. The van der Waals surface area contributed by atoms with Crippen LogP contribution in [0, 0.1) is 16.0 Å². The first kappa shape index (κ1) is 13.1. The molecule has 0 heterocycles. The fourth-order valence-electron chi connectivity index (χ4n) is 2.41. The Morgan fingerprint density at radius 1 is 1.33 bits per heavy atom. The summed E-state index contributed by atoms with van der Waals surface area (Å²) in [5.74, 6) is 0.661. The SMILES string of the molecule is O=[N+]([O-])c1ccc(Cl)c(NCC2CCCCC2)c1. The van der Waals surface area contributed by atoms with Crippen molar-refractivity contribution < 1.29 is 4.92 Å². The van der Waals surface area contributed by atoms with E-state index in [1.165, 1.54) is 44.2 Å². The van der Waals surface area contributed by atoms with Crippen LogP contribution in [-0.2, 0) is 0 Å². The third-order valence-corrected chi connectivity index (χ3v) is 3.80. The molecule has 4 nitrogen and oxygen atoms in total. The maximum atomic E-state index is 10.7. The monoisotopic (exact) mass is 268 g/mol. The highest BCUT2D eigenvalue weighted by molar-refractivity contribution is 6.33. The Kier molecular flexibility index (Phi) is 4.42. The standard InChI is InChI=1S/C13H17ClN2O2/c14-12-7-6-11(16(17)18)8-13(12)15-9-10-4-2-1-3-5-10/h6-8,10,15H,1-5,9H2. The lowest BCUT2D eigenvalue weighted by Gasteiger charge is -2.22. The second kappa shape index (κ2) is 6.05. The van der Waals surface area contributed by atoms with Crippen molar-refractivity contribution in [3.63, 3.8) is 0 Å². The Morgan fingerprint density at radius 3 is 2.72 bits per heavy atom. The molecule has 0 amide bonds. The number of nitro groups is 1. The molecule has 2 rings (SSSR count). The summed E-state index contributed by atoms with van der Waals surface area (Å²) in [7, 11) is 0. The number of benzene rings is 1. The predicted octanol–water partition coefficient (Wildman–Crippen LogP) is 4.24. The molecular weight excluding hydrogens is 252 g/mol. The maximum Gasteiger partial charge on any atom is 0.271 e. The Balaban J connectivity index is 1.99. The zero-order valence-electron chi connectivity index (χ0n) is 10.2. The third kappa shape index (κ3) is 3.35. The summed E-state index contributed by atoms with van der Waals surface area (Å²) in [6, 6.07) is 4.50. The maximum absolute atomic E-state index is 10.7. The van der Waals surface area contributed by atoms with Crippen LogP contribution in [0.5, 0.6) is 0 Å². The summed E-state index contributed by atoms with van der Waals surface area (Å²) in [5.41, 5.74) is 0.738. The van der Waals surface area contributed by atoms with Gasteiger partial charge >= 0.3 is 0 Å². The van der Waals surface area contributed by atoms with Crippen molar-refractivity contribution in [1.82, 2.24) is 0 Å². The lowest BCUT2D eigenvalue weighted by Crippen LogP contribution is -2.17. The zero-order chi connectivity index (χ0) is 13.0. The molecule has 1 fully saturated rings. The van der Waals surface area contributed by atoms with Crippen LogP contribution in [0.4, 0.5) is 11.4 Å². The van der Waals surface area contributed by atoms with E-state index in [1.807, 2.05) is 0 Å². The Hall–Kier alpha value is -1.29. The molecule has 0 spiro atoms. The fraction of sp³-hybridized carbons (Fsp3) is 0.538. The largest absolute Gasteiger partial charge is 0.383 e. The average Bonchev–Trinajstić information content (AvgIpc) is 2.38. The number of rotatable bonds is 4. The van der Waals surface area contributed by atoms with Gasteiger partial charge in [0.25, 0.3) is 5.69 Å². The molecule has 0 aliphatic heterocycles. The Bertz CT molecular complexity index is 431. The molecular formula is C13H17ClN2O2. The van der Waals surface area contributed by atoms with Crippen LogP contribution < -0.4 is 5.32 Å². The topological polar surface area (TPSA) is 55.2 Å². The molecule has 1 N–H and O–H groups in total. The van der Waals surface area contributed by atoms with E-state index in [9.17, 15) is 10.1 Å². The normalized spacial score (nSPS) is 16.5. The number of nitro benzene ring substituents is 1. The highest BCUT2D eigenvalue weighted by atomic mass is 35.5. The minimum absolute atomic E-state index is 0.0746. The van der Waals surface area contributed by atoms with Gasteiger partial charge in [-0.05, 0) is 24.8 Å². The molecule has 0 bridgehead atoms. The van der Waals surface area contributed by atoms with Gasteiger partial charge in [0.15, 0.2) is 0 Å². The molecule has 0 unspecified atom stereocenters. The Labute approximate surface area is 111 Å². The summed E-state index contributed by atoms with van der Waals surface area (Å²) in [5, 5.41) is 14.5. The summed E-state index contributed by atoms with van der Waals surface area (Å²) >= 11 is 6.03. The number of hydrogen-bond donors (Lipinski definition) is 1. The predicted molar refractivity (Wildman–Crippen MR) is 73.2 cm³/mol. The van der Waals surface area contributed by atoms with Gasteiger partial charge in [-0.2, -0.15) is 0 Å². The van der Waals surface area contributed by atoms with Crippen molar-refractivity contribution in [2.75, 3.05) is 11.9 Å². The van der Waals surface area contributed by atoms with E-state index < -0.39 is 4.92 Å². The lowest BCUT2D eigenvalue weighted by atomic mass is 9.89. The van der Waals surface area contributed by atoms with Gasteiger partial charge < -0.3 is 5.32 Å². The molecule has 98 valence electrons. The van der Waals surface area contributed by atoms with E-state index in [0.717, 1.165) is 6.54 Å². The average molecular weight is 269 g/mol. The van der Waals surface area contributed by atoms with Gasteiger partial charge in [0.1, 0.15) is 0 Å². The van der Waals surface area contributed by atoms with Gasteiger partial charge in [-0.3, -0.25) is 10.1 Å². The first-order valence-electron chi connectivity index (χ1n) is 6.34. The van der Waals surface area contributed by atoms with Crippen molar-refractivity contribution >= 4 is 23.0 Å². The van der Waals surface area contributed by atoms with Gasteiger partial charge in [0.2, 0.25) is 0 Å². The van der Waals surface area contributed by atoms with Gasteiger partial charge in [-0.15, -0.1) is 0 Å². The first-order valence-corrected chi connectivity index (χ1v) is 6.72. The van der Waals surface area contributed by atoms with Crippen LogP contribution in [0.1, 0.15) is 32.1 Å². The van der Waals surface area contributed by atoms with Crippen molar-refractivity contribution in [3.8, 4) is 0 Å². The molecule has 1 aromatic rings. The highest BCUT2D eigenvalue weighted by Gasteiger charge is 2.15. The van der Waals surface area contributed by atoms with Gasteiger partial charge in [-0.1, -0.05) is 30.9 Å². The number of non-ortho nitro benzene ring substituents is 1. The second-order valence-corrected chi connectivity index (χ2v) is 5.21. The van der Waals surface area contributed by atoms with Gasteiger partial charge in [-0.25, -0.2) is 0 Å². The Morgan fingerprint density at radius 2 is 2.06 bits per heavy atom. The molecule has 0 atom stereocenters. The van der Waals surface area contributed by atoms with Crippen molar-refractivity contribution in [1.29, 1.82) is 0 Å². The smallest absolute Gasteiger partial charge is 0.271 e. The van der Waals surface area contributed by atoms with E-state index in [4.69, 9.17) is 11.6 Å². The highest BCUT2D eigenvalue weighted by Crippen LogP contribution is 2.29. The van der Waals surface area contributed by atoms with E-state index >= 15 is 0 Å². The van der Waals surface area contributed by atoms with Crippen molar-refractivity contribution in [2.45, 2.75) is 32.1 Å². The van der Waals surface area contributed by atoms with E-state index in [-0.39, 0.29) is 5.69 Å². The number of anilines is 1. The summed E-state index contributed by atoms with van der Waals surface area (Å²) in [6.07, 6.45) is 6.37. The van der Waals surface area contributed by atoms with Crippen molar-refractivity contribution in [3.05, 3.63) is 33.3 Å². The number of nitrogens with one attached hydrogen (secondary N) is 1. The lowest BCUT2D eigenvalue weighted by molar-refractivity contribution is -0.384. The molecule has 1 aromatic carbocycles. The number of nitrogens with zero attached hydrogens (tertiary/aromatic N) is 1. The molecule has 0 saturated heterocycles. The van der Waals surface area contributed by atoms with Crippen LogP contribution in [0.15, 0.2) is 18.2 Å². The van der Waals surface area contributed by atoms with Crippen LogP contribution in [-0.4, -0.2) is 11.5 Å². The zero-order valence-corrected chi connectivity index (χ0v) is 10.9. The molecule has 5 heteroatoms. The molecule has 1 aliphatic carbocycles. The third-order valence-electron chi connectivity index (χ3n) is 3.47. The quantitative estimate of drug-likeness (QED) is 0.656. The fourth-order valence-corrected chi connectivity index (χ4v) is 2.59. The van der Waals surface area contributed by atoms with Crippen LogP contribution >= 0.6 is 11.6 Å². The number of halogens is 1. The van der Waals surface area contributed by atoms with Gasteiger partial charge in [0, 0.05) is 18.7 Å². The molecule has 1 aliphatic rings. The molecule has 1 saturated carbocycles. The van der Waals surface area contributed by atoms with Crippen molar-refractivity contribution in [2.24, 2.45) is 5.92 Å². The minimum Gasteiger partial charge on any atom is -0.383 e. The summed E-state index contributed by atoms with van der Waals surface area (Å²) in [4.78, 5) is 10.3. The summed E-state index contributed by atoms with van der Waals surface area (Å²) in [6.45, 7) is 0.848. The van der Waals surface area contributed by atoms with Crippen LogP contribution in [0.2, 0.25) is 5.02 Å². The first-order chi connectivity index (χ1) is 8.66. The van der Waals surface area contributed by atoms with E-state index in [0.29, 0.717) is 16.6 Å². The molecule has 18 heavy (non-hydrogen) atoms. The van der Waals surface area contributed by atoms with E-state index in [2.05, 4.69) is 5.32 Å². The second-order valence-electron chi connectivity index (χ2n) is 4.81. The van der Waals surface area contributed by atoms with E-state index in [1.54, 1.807) is 6.07 Å². The summed E-state index contributed by atoms with van der Waals surface area (Å²) < 4.78 is 0. The minimum atomic E-state index is -0.401.